The number of hydrogen-bond acceptors (Lipinski definition) is 5. The van der Waals surface area contributed by atoms with Gasteiger partial charge in [0, 0.05) is 26.1 Å². The number of aliphatic carboxylic acids is 1. The van der Waals surface area contributed by atoms with Gasteiger partial charge in [-0.3, -0.25) is 15.0 Å². The lowest BCUT2D eigenvalue weighted by molar-refractivity contribution is -0.140. The van der Waals surface area contributed by atoms with Crippen molar-refractivity contribution < 1.29 is 19.5 Å². The molecule has 0 radical (unpaired) electrons. The lowest BCUT2D eigenvalue weighted by Crippen LogP contribution is -2.42. The number of guanidine groups is 1. The molecular weight excluding hydrogens is 400 g/mol. The third-order valence-corrected chi connectivity index (χ3v) is 5.24. The SMILES string of the molecule is N=C(N)N1CC=C(CC(N)C(=O)NCCCCC(=O)NC(C(=O)O)C2=CCC=CC2)C1. The van der Waals surface area contributed by atoms with Crippen molar-refractivity contribution in [3.8, 4) is 0 Å². The summed E-state index contributed by atoms with van der Waals surface area (Å²) in [6.07, 6.45) is 10.5. The number of allylic oxidation sites excluding steroid dienone is 3. The molecule has 0 aromatic carbocycles. The second-order valence-electron chi connectivity index (χ2n) is 7.72. The minimum absolute atomic E-state index is 0.00436. The Kier molecular flexibility index (Phi) is 9.26. The maximum atomic E-state index is 12.1. The van der Waals surface area contributed by atoms with Crippen molar-refractivity contribution in [2.24, 2.45) is 11.5 Å². The lowest BCUT2D eigenvalue weighted by atomic mass is 9.98. The first-order chi connectivity index (χ1) is 14.8. The number of carbonyl (C=O) groups is 3. The minimum atomic E-state index is -1.07. The normalized spacial score (nSPS) is 17.4. The Hall–Kier alpha value is -3.14. The van der Waals surface area contributed by atoms with Gasteiger partial charge in [-0.25, -0.2) is 4.79 Å². The van der Waals surface area contributed by atoms with Crippen molar-refractivity contribution in [3.63, 3.8) is 0 Å². The van der Waals surface area contributed by atoms with Crippen LogP contribution in [-0.4, -0.2) is 65.5 Å². The maximum Gasteiger partial charge on any atom is 0.330 e. The molecule has 2 aliphatic rings. The number of carboxylic acid groups (broad SMARTS) is 1. The zero-order valence-corrected chi connectivity index (χ0v) is 17.6. The van der Waals surface area contributed by atoms with Crippen LogP contribution in [0.1, 0.15) is 38.5 Å². The summed E-state index contributed by atoms with van der Waals surface area (Å²) in [6.45, 7) is 1.45. The summed E-state index contributed by atoms with van der Waals surface area (Å²) in [4.78, 5) is 37.4. The zero-order valence-electron chi connectivity index (χ0n) is 17.6. The van der Waals surface area contributed by atoms with Crippen molar-refractivity contribution in [1.29, 1.82) is 5.41 Å². The van der Waals surface area contributed by atoms with Gasteiger partial charge in [-0.1, -0.05) is 29.9 Å². The molecule has 0 aromatic rings. The highest BCUT2D eigenvalue weighted by atomic mass is 16.4. The van der Waals surface area contributed by atoms with E-state index in [0.717, 1.165) is 5.57 Å². The molecule has 8 N–H and O–H groups in total. The number of nitrogens with zero attached hydrogens (tertiary/aromatic N) is 1. The fourth-order valence-corrected chi connectivity index (χ4v) is 3.47. The maximum absolute atomic E-state index is 12.1. The number of unbranched alkanes of at least 4 members (excludes halogenated alkanes) is 1. The van der Waals surface area contributed by atoms with Gasteiger partial charge < -0.3 is 32.1 Å². The number of carboxylic acids is 1. The summed E-state index contributed by atoms with van der Waals surface area (Å²) < 4.78 is 0. The van der Waals surface area contributed by atoms with Gasteiger partial charge in [0.05, 0.1) is 6.04 Å². The van der Waals surface area contributed by atoms with Crippen molar-refractivity contribution in [1.82, 2.24) is 15.5 Å². The first kappa shape index (κ1) is 24.1. The smallest absolute Gasteiger partial charge is 0.330 e. The Morgan fingerprint density at radius 1 is 1.23 bits per heavy atom. The van der Waals surface area contributed by atoms with Gasteiger partial charge in [-0.05, 0) is 37.7 Å². The molecule has 0 spiro atoms. The fraction of sp³-hybridized carbons (Fsp3) is 0.524. The van der Waals surface area contributed by atoms with E-state index in [0.29, 0.717) is 57.3 Å². The van der Waals surface area contributed by atoms with Crippen molar-refractivity contribution in [3.05, 3.63) is 35.5 Å². The third kappa shape index (κ3) is 7.89. The molecule has 0 saturated heterocycles. The molecule has 0 bridgehead atoms. The highest BCUT2D eigenvalue weighted by Crippen LogP contribution is 2.16. The molecule has 0 fully saturated rings. The molecule has 1 aliphatic carbocycles. The molecule has 170 valence electrons. The van der Waals surface area contributed by atoms with E-state index in [9.17, 15) is 19.5 Å². The standard InChI is InChI=1S/C21H32N6O4/c22-16(12-14-9-11-27(13-14)21(23)24)19(29)25-10-5-4-8-17(28)26-18(20(30)31)15-6-2-1-3-7-15/h1-2,7,9,16,18H,3-6,8,10-13,22H2,(H3,23,24)(H,25,29)(H,26,28)(H,30,31). The molecule has 10 heteroatoms. The van der Waals surface area contributed by atoms with E-state index in [4.69, 9.17) is 16.9 Å². The van der Waals surface area contributed by atoms with Crippen molar-refractivity contribution >= 4 is 23.7 Å². The van der Waals surface area contributed by atoms with Crippen LogP contribution in [0.4, 0.5) is 0 Å². The lowest BCUT2D eigenvalue weighted by Gasteiger charge is -2.19. The van der Waals surface area contributed by atoms with Crippen LogP contribution in [-0.2, 0) is 14.4 Å². The minimum Gasteiger partial charge on any atom is -0.479 e. The highest BCUT2D eigenvalue weighted by molar-refractivity contribution is 5.86. The van der Waals surface area contributed by atoms with E-state index < -0.39 is 18.1 Å². The fourth-order valence-electron chi connectivity index (χ4n) is 3.47. The summed E-state index contributed by atoms with van der Waals surface area (Å²) in [5.74, 6) is -1.67. The van der Waals surface area contributed by atoms with Crippen LogP contribution in [0.2, 0.25) is 0 Å². The van der Waals surface area contributed by atoms with Gasteiger partial charge in [0.25, 0.3) is 0 Å². The third-order valence-electron chi connectivity index (χ3n) is 5.24. The molecule has 2 atom stereocenters. The molecule has 0 aromatic heterocycles. The van der Waals surface area contributed by atoms with Gasteiger partial charge >= 0.3 is 5.97 Å². The van der Waals surface area contributed by atoms with Gasteiger partial charge in [-0.2, -0.15) is 0 Å². The molecule has 2 rings (SSSR count). The van der Waals surface area contributed by atoms with Crippen LogP contribution in [0.25, 0.3) is 0 Å². The summed E-state index contributed by atoms with van der Waals surface area (Å²) in [5.41, 5.74) is 13.1. The number of carbonyl (C=O) groups excluding carboxylic acids is 2. The van der Waals surface area contributed by atoms with E-state index in [1.807, 2.05) is 24.3 Å². The van der Waals surface area contributed by atoms with Crippen LogP contribution < -0.4 is 22.1 Å². The van der Waals surface area contributed by atoms with Crippen molar-refractivity contribution in [2.75, 3.05) is 19.6 Å². The number of hydrogen-bond donors (Lipinski definition) is 6. The summed E-state index contributed by atoms with van der Waals surface area (Å²) >= 11 is 0. The van der Waals surface area contributed by atoms with Crippen LogP contribution in [0, 0.1) is 5.41 Å². The van der Waals surface area contributed by atoms with Crippen molar-refractivity contribution in [2.45, 2.75) is 50.6 Å². The van der Waals surface area contributed by atoms with Crippen LogP contribution >= 0.6 is 0 Å². The second kappa shape index (κ2) is 11.9. The summed E-state index contributed by atoms with van der Waals surface area (Å²) in [5, 5.41) is 22.1. The van der Waals surface area contributed by atoms with Crippen LogP contribution in [0.15, 0.2) is 35.5 Å². The zero-order chi connectivity index (χ0) is 22.8. The Balaban J connectivity index is 1.62. The Bertz CT molecular complexity index is 789. The van der Waals surface area contributed by atoms with Crippen LogP contribution in [0.5, 0.6) is 0 Å². The Morgan fingerprint density at radius 2 is 2.00 bits per heavy atom. The van der Waals surface area contributed by atoms with Gasteiger partial charge in [0.15, 0.2) is 5.96 Å². The number of amides is 2. The molecule has 1 heterocycles. The van der Waals surface area contributed by atoms with Gasteiger partial charge in [-0.15, -0.1) is 0 Å². The molecule has 31 heavy (non-hydrogen) atoms. The number of nitrogens with two attached hydrogens (primary N) is 2. The quantitative estimate of drug-likeness (QED) is 0.115. The summed E-state index contributed by atoms with van der Waals surface area (Å²) in [6, 6.07) is -1.69. The predicted molar refractivity (Wildman–Crippen MR) is 117 cm³/mol. The number of nitrogens with one attached hydrogen (secondary N) is 3. The van der Waals surface area contributed by atoms with Gasteiger partial charge in [0.1, 0.15) is 6.04 Å². The average Bonchev–Trinajstić information content (AvgIpc) is 3.20. The van der Waals surface area contributed by atoms with E-state index in [1.165, 1.54) is 0 Å². The van der Waals surface area contributed by atoms with E-state index in [1.54, 1.807) is 4.90 Å². The molecule has 2 unspecified atom stereocenters. The van der Waals surface area contributed by atoms with E-state index in [2.05, 4.69) is 10.6 Å². The Morgan fingerprint density at radius 3 is 2.61 bits per heavy atom. The van der Waals surface area contributed by atoms with Gasteiger partial charge in [0.2, 0.25) is 11.8 Å². The Labute approximate surface area is 181 Å². The molecule has 0 saturated carbocycles. The molecular formula is C21H32N6O4. The first-order valence-corrected chi connectivity index (χ1v) is 10.4. The first-order valence-electron chi connectivity index (χ1n) is 10.4. The second-order valence-corrected chi connectivity index (χ2v) is 7.72. The molecule has 10 nitrogen and oxygen atoms in total. The molecule has 1 aliphatic heterocycles. The average molecular weight is 433 g/mol. The topological polar surface area (TPSA) is 175 Å². The monoisotopic (exact) mass is 432 g/mol. The van der Waals surface area contributed by atoms with E-state index >= 15 is 0 Å². The largest absolute Gasteiger partial charge is 0.479 e. The van der Waals surface area contributed by atoms with E-state index in [-0.39, 0.29) is 24.2 Å². The number of rotatable bonds is 11. The molecule has 2 amide bonds. The van der Waals surface area contributed by atoms with Crippen LogP contribution in [0.3, 0.4) is 0 Å². The predicted octanol–water partition coefficient (Wildman–Crippen LogP) is -0.0284. The summed E-state index contributed by atoms with van der Waals surface area (Å²) in [7, 11) is 0. The highest BCUT2D eigenvalue weighted by Gasteiger charge is 2.24.